The molecule has 2 atom stereocenters. The number of hydrogen-bond donors (Lipinski definition) is 0. The fourth-order valence-electron chi connectivity index (χ4n) is 3.25. The quantitative estimate of drug-likeness (QED) is 0.799. The molecule has 2 unspecified atom stereocenters. The molecule has 2 saturated heterocycles. The Morgan fingerprint density at radius 1 is 1.47 bits per heavy atom. The molecule has 0 amide bonds. The molecule has 1 aromatic rings. The Kier molecular flexibility index (Phi) is 3.16. The molecule has 0 saturated carbocycles. The molecule has 0 bridgehead atoms. The molecular formula is C13H21N3O. The molecule has 4 heteroatoms. The first-order valence-electron chi connectivity index (χ1n) is 6.74. The van der Waals surface area contributed by atoms with Gasteiger partial charge in [-0.1, -0.05) is 12.1 Å². The minimum atomic E-state index is 0.675. The summed E-state index contributed by atoms with van der Waals surface area (Å²) in [4.78, 5) is 5.25. The van der Waals surface area contributed by atoms with E-state index in [0.717, 1.165) is 18.3 Å². The van der Waals surface area contributed by atoms with Crippen molar-refractivity contribution < 1.29 is 4.52 Å². The van der Waals surface area contributed by atoms with E-state index in [2.05, 4.69) is 21.9 Å². The van der Waals surface area contributed by atoms with Crippen LogP contribution < -0.4 is 0 Å². The second-order valence-electron chi connectivity index (χ2n) is 5.26. The summed E-state index contributed by atoms with van der Waals surface area (Å²) in [5, 5.41) is 3.79. The highest BCUT2D eigenvalue weighted by molar-refractivity contribution is 4.97. The summed E-state index contributed by atoms with van der Waals surface area (Å²) < 4.78 is 5.24. The van der Waals surface area contributed by atoms with Crippen LogP contribution in [0.5, 0.6) is 0 Å². The summed E-state index contributed by atoms with van der Waals surface area (Å²) in [7, 11) is 0. The van der Waals surface area contributed by atoms with Gasteiger partial charge in [-0.25, -0.2) is 0 Å². The van der Waals surface area contributed by atoms with E-state index in [1.54, 1.807) is 6.20 Å². The van der Waals surface area contributed by atoms with Crippen LogP contribution >= 0.6 is 0 Å². The molecule has 2 fully saturated rings. The van der Waals surface area contributed by atoms with Crippen molar-refractivity contribution >= 4 is 0 Å². The Balaban J connectivity index is 1.69. The van der Waals surface area contributed by atoms with Gasteiger partial charge in [0.25, 0.3) is 0 Å². The smallest absolute Gasteiger partial charge is 0.150 e. The lowest BCUT2D eigenvalue weighted by Crippen LogP contribution is -2.55. The zero-order valence-electron chi connectivity index (χ0n) is 10.5. The van der Waals surface area contributed by atoms with Crippen molar-refractivity contribution in [3.63, 3.8) is 0 Å². The predicted octanol–water partition coefficient (Wildman–Crippen LogP) is 1.73. The van der Waals surface area contributed by atoms with E-state index >= 15 is 0 Å². The first kappa shape index (κ1) is 11.2. The zero-order chi connectivity index (χ0) is 11.7. The van der Waals surface area contributed by atoms with Crippen molar-refractivity contribution in [2.24, 2.45) is 0 Å². The SMILES string of the molecule is CCC1CN2CCCC2CN1Cc1ccno1. The van der Waals surface area contributed by atoms with Crippen LogP contribution in [-0.4, -0.2) is 46.7 Å². The zero-order valence-corrected chi connectivity index (χ0v) is 10.5. The van der Waals surface area contributed by atoms with Gasteiger partial charge < -0.3 is 4.52 Å². The lowest BCUT2D eigenvalue weighted by atomic mass is 10.0. The molecule has 17 heavy (non-hydrogen) atoms. The van der Waals surface area contributed by atoms with Gasteiger partial charge in [0, 0.05) is 31.2 Å². The van der Waals surface area contributed by atoms with Gasteiger partial charge in [-0.05, 0) is 25.8 Å². The van der Waals surface area contributed by atoms with Gasteiger partial charge in [-0.15, -0.1) is 0 Å². The van der Waals surface area contributed by atoms with Crippen LogP contribution in [0.15, 0.2) is 16.8 Å². The minimum Gasteiger partial charge on any atom is -0.360 e. The Labute approximate surface area is 103 Å². The fraction of sp³-hybridized carbons (Fsp3) is 0.769. The number of fused-ring (bicyclic) bond motifs is 1. The summed E-state index contributed by atoms with van der Waals surface area (Å²) in [5.74, 6) is 0.995. The van der Waals surface area contributed by atoms with Crippen molar-refractivity contribution in [1.29, 1.82) is 0 Å². The number of hydrogen-bond acceptors (Lipinski definition) is 4. The van der Waals surface area contributed by atoms with Gasteiger partial charge in [0.15, 0.2) is 5.76 Å². The maximum absolute atomic E-state index is 5.24. The minimum absolute atomic E-state index is 0.675. The standard InChI is InChI=1S/C13H21N3O/c1-2-11-8-15-7-3-4-12(15)9-16(11)10-13-5-6-14-17-13/h5-6,11-12H,2-4,7-10H2,1H3. The topological polar surface area (TPSA) is 32.5 Å². The van der Waals surface area contributed by atoms with Crippen LogP contribution in [0, 0.1) is 0 Å². The van der Waals surface area contributed by atoms with Crippen LogP contribution in [0.2, 0.25) is 0 Å². The van der Waals surface area contributed by atoms with Gasteiger partial charge in [-0.2, -0.15) is 0 Å². The van der Waals surface area contributed by atoms with Crippen molar-refractivity contribution in [3.05, 3.63) is 18.0 Å². The van der Waals surface area contributed by atoms with Gasteiger partial charge in [-0.3, -0.25) is 9.80 Å². The third-order valence-electron chi connectivity index (χ3n) is 4.23. The van der Waals surface area contributed by atoms with Crippen molar-refractivity contribution in [2.75, 3.05) is 19.6 Å². The first-order valence-corrected chi connectivity index (χ1v) is 6.74. The third-order valence-corrected chi connectivity index (χ3v) is 4.23. The summed E-state index contributed by atoms with van der Waals surface area (Å²) in [6.07, 6.45) is 5.69. The highest BCUT2D eigenvalue weighted by Gasteiger charge is 2.35. The van der Waals surface area contributed by atoms with E-state index in [-0.39, 0.29) is 0 Å². The molecule has 0 spiro atoms. The molecule has 0 radical (unpaired) electrons. The lowest BCUT2D eigenvalue weighted by Gasteiger charge is -2.43. The molecule has 1 aromatic heterocycles. The van der Waals surface area contributed by atoms with Crippen LogP contribution in [0.1, 0.15) is 31.9 Å². The van der Waals surface area contributed by atoms with E-state index in [9.17, 15) is 0 Å². The highest BCUT2D eigenvalue weighted by Crippen LogP contribution is 2.26. The van der Waals surface area contributed by atoms with E-state index in [4.69, 9.17) is 4.52 Å². The largest absolute Gasteiger partial charge is 0.360 e. The first-order chi connectivity index (χ1) is 8.36. The second-order valence-corrected chi connectivity index (χ2v) is 5.26. The number of piperazine rings is 1. The Hall–Kier alpha value is -0.870. The van der Waals surface area contributed by atoms with Crippen molar-refractivity contribution in [2.45, 2.75) is 44.8 Å². The maximum Gasteiger partial charge on any atom is 0.150 e. The van der Waals surface area contributed by atoms with Crippen LogP contribution in [-0.2, 0) is 6.54 Å². The van der Waals surface area contributed by atoms with Gasteiger partial charge in [0.05, 0.1) is 12.7 Å². The molecular weight excluding hydrogens is 214 g/mol. The maximum atomic E-state index is 5.24. The van der Waals surface area contributed by atoms with Crippen LogP contribution in [0.4, 0.5) is 0 Å². The van der Waals surface area contributed by atoms with Gasteiger partial charge in [0.2, 0.25) is 0 Å². The van der Waals surface area contributed by atoms with Gasteiger partial charge >= 0.3 is 0 Å². The molecule has 4 nitrogen and oxygen atoms in total. The second kappa shape index (κ2) is 4.78. The Morgan fingerprint density at radius 3 is 3.18 bits per heavy atom. The normalized spacial score (nSPS) is 30.6. The number of nitrogens with zero attached hydrogens (tertiary/aromatic N) is 3. The average molecular weight is 235 g/mol. The summed E-state index contributed by atoms with van der Waals surface area (Å²) in [5.41, 5.74) is 0. The van der Waals surface area contributed by atoms with Crippen LogP contribution in [0.3, 0.4) is 0 Å². The predicted molar refractivity (Wildman–Crippen MR) is 65.6 cm³/mol. The molecule has 94 valence electrons. The molecule has 0 N–H and O–H groups in total. The fourth-order valence-corrected chi connectivity index (χ4v) is 3.25. The van der Waals surface area contributed by atoms with Crippen molar-refractivity contribution in [1.82, 2.24) is 15.0 Å². The van der Waals surface area contributed by atoms with E-state index in [0.29, 0.717) is 6.04 Å². The molecule has 2 aliphatic rings. The Bertz CT molecular complexity index is 352. The monoisotopic (exact) mass is 235 g/mol. The third kappa shape index (κ3) is 2.24. The molecule has 2 aliphatic heterocycles. The van der Waals surface area contributed by atoms with E-state index in [1.165, 1.54) is 38.9 Å². The summed E-state index contributed by atoms with van der Waals surface area (Å²) in [6, 6.07) is 3.43. The van der Waals surface area contributed by atoms with E-state index in [1.807, 2.05) is 6.07 Å². The average Bonchev–Trinajstić information content (AvgIpc) is 2.98. The number of aromatic nitrogens is 1. The lowest BCUT2D eigenvalue weighted by molar-refractivity contribution is 0.0380. The number of rotatable bonds is 3. The highest BCUT2D eigenvalue weighted by atomic mass is 16.5. The van der Waals surface area contributed by atoms with Crippen molar-refractivity contribution in [3.8, 4) is 0 Å². The molecule has 0 aliphatic carbocycles. The van der Waals surface area contributed by atoms with Crippen LogP contribution in [0.25, 0.3) is 0 Å². The summed E-state index contributed by atoms with van der Waals surface area (Å²) in [6.45, 7) is 6.93. The Morgan fingerprint density at radius 2 is 2.41 bits per heavy atom. The van der Waals surface area contributed by atoms with E-state index < -0.39 is 0 Å². The van der Waals surface area contributed by atoms with Gasteiger partial charge in [0.1, 0.15) is 0 Å². The molecule has 0 aromatic carbocycles. The summed E-state index contributed by atoms with van der Waals surface area (Å²) >= 11 is 0. The molecule has 3 heterocycles. The molecule has 3 rings (SSSR count).